The van der Waals surface area contributed by atoms with E-state index in [1.807, 2.05) is 0 Å². The highest BCUT2D eigenvalue weighted by molar-refractivity contribution is 5.94. The second-order valence-electron chi connectivity index (χ2n) is 7.31. The van der Waals surface area contributed by atoms with Crippen molar-refractivity contribution < 1.29 is 28.7 Å². The summed E-state index contributed by atoms with van der Waals surface area (Å²) < 4.78 is 9.64. The van der Waals surface area contributed by atoms with Crippen LogP contribution in [0.5, 0.6) is 0 Å². The van der Waals surface area contributed by atoms with Crippen LogP contribution in [-0.2, 0) is 23.9 Å². The van der Waals surface area contributed by atoms with E-state index >= 15 is 0 Å². The van der Waals surface area contributed by atoms with E-state index in [0.29, 0.717) is 5.56 Å². The number of amides is 3. The molecule has 0 bridgehead atoms. The highest BCUT2D eigenvalue weighted by atomic mass is 16.6. The molecule has 30 heavy (non-hydrogen) atoms. The van der Waals surface area contributed by atoms with Crippen molar-refractivity contribution in [2.24, 2.45) is 0 Å². The van der Waals surface area contributed by atoms with Gasteiger partial charge in [-0.2, -0.15) is 0 Å². The van der Waals surface area contributed by atoms with Crippen LogP contribution in [0.2, 0.25) is 0 Å². The first-order valence-electron chi connectivity index (χ1n) is 9.18. The van der Waals surface area contributed by atoms with Crippen molar-refractivity contribution in [1.82, 2.24) is 15.5 Å². The van der Waals surface area contributed by atoms with E-state index in [2.05, 4.69) is 21.4 Å². The third kappa shape index (κ3) is 7.47. The molecular weight excluding hydrogens is 390 g/mol. The van der Waals surface area contributed by atoms with Crippen molar-refractivity contribution >= 4 is 23.9 Å². The quantitative estimate of drug-likeness (QED) is 0.393. The van der Waals surface area contributed by atoms with E-state index in [1.165, 1.54) is 14.0 Å². The molecule has 0 heterocycles. The molecule has 0 saturated carbocycles. The second-order valence-corrected chi connectivity index (χ2v) is 7.31. The molecule has 2 atom stereocenters. The maximum absolute atomic E-state index is 12.9. The predicted octanol–water partition coefficient (Wildman–Crippen LogP) is 1.35. The van der Waals surface area contributed by atoms with Crippen molar-refractivity contribution in [3.63, 3.8) is 0 Å². The number of rotatable bonds is 7. The minimum Gasteiger partial charge on any atom is -0.468 e. The third-order valence-electron chi connectivity index (χ3n) is 3.74. The van der Waals surface area contributed by atoms with Crippen LogP contribution in [0, 0.1) is 12.5 Å². The van der Waals surface area contributed by atoms with Crippen molar-refractivity contribution in [3.05, 3.63) is 35.9 Å². The molecule has 0 saturated heterocycles. The molecule has 0 aromatic heterocycles. The molecule has 9 nitrogen and oxygen atoms in total. The zero-order chi connectivity index (χ0) is 22.9. The number of terminal acetylenes is 1. The average Bonchev–Trinajstić information content (AvgIpc) is 2.68. The molecule has 0 aliphatic heterocycles. The molecule has 9 heteroatoms. The number of benzene rings is 1. The number of carbonyl (C=O) groups excluding carboxylic acids is 4. The minimum atomic E-state index is -1.23. The van der Waals surface area contributed by atoms with Crippen molar-refractivity contribution in [2.75, 3.05) is 13.7 Å². The Hall–Kier alpha value is -3.54. The summed E-state index contributed by atoms with van der Waals surface area (Å²) in [5.41, 5.74) is -0.324. The Morgan fingerprint density at radius 2 is 1.77 bits per heavy atom. The first kappa shape index (κ1) is 24.5. The Morgan fingerprint density at radius 1 is 1.17 bits per heavy atom. The second kappa shape index (κ2) is 10.9. The van der Waals surface area contributed by atoms with Gasteiger partial charge in [-0.3, -0.25) is 19.3 Å². The van der Waals surface area contributed by atoms with E-state index < -0.39 is 48.1 Å². The molecule has 0 radical (unpaired) electrons. The topological polar surface area (TPSA) is 114 Å². The monoisotopic (exact) mass is 417 g/mol. The standard InChI is InChI=1S/C21H27N3O6/c1-7-24(19(27)14(2)23-20(28)30-21(3,4)5)17(15-11-9-8-10-12-15)18(26)22-13-16(25)29-6/h1,8-12,14,17H,13H2,2-6H3,(H,22,26)(H,23,28). The number of hydrogen-bond donors (Lipinski definition) is 2. The number of carbonyl (C=O) groups is 4. The van der Waals surface area contributed by atoms with Crippen LogP contribution in [0.3, 0.4) is 0 Å². The molecule has 1 rings (SSSR count). The Balaban J connectivity index is 3.09. The smallest absolute Gasteiger partial charge is 0.408 e. The summed E-state index contributed by atoms with van der Waals surface area (Å²) in [4.78, 5) is 49.9. The lowest BCUT2D eigenvalue weighted by Gasteiger charge is -2.29. The Morgan fingerprint density at radius 3 is 2.27 bits per heavy atom. The fourth-order valence-electron chi connectivity index (χ4n) is 2.40. The lowest BCUT2D eigenvalue weighted by atomic mass is 10.0. The predicted molar refractivity (Wildman–Crippen MR) is 109 cm³/mol. The van der Waals surface area contributed by atoms with E-state index in [1.54, 1.807) is 51.1 Å². The SMILES string of the molecule is C#CN(C(=O)C(C)NC(=O)OC(C)(C)C)C(C(=O)NCC(=O)OC)c1ccccc1. The van der Waals surface area contributed by atoms with E-state index in [9.17, 15) is 19.2 Å². The summed E-state index contributed by atoms with van der Waals surface area (Å²) in [6.07, 6.45) is 4.74. The lowest BCUT2D eigenvalue weighted by Crippen LogP contribution is -2.50. The molecule has 0 aliphatic rings. The fourth-order valence-corrected chi connectivity index (χ4v) is 2.40. The summed E-state index contributed by atoms with van der Waals surface area (Å²) in [6, 6.07) is 8.23. The number of hydrogen-bond acceptors (Lipinski definition) is 6. The van der Waals surface area contributed by atoms with Gasteiger partial charge in [0, 0.05) is 6.04 Å². The Labute approximate surface area is 176 Å². The van der Waals surface area contributed by atoms with E-state index in [0.717, 1.165) is 4.90 Å². The molecule has 2 N–H and O–H groups in total. The van der Waals surface area contributed by atoms with Gasteiger partial charge < -0.3 is 20.1 Å². The minimum absolute atomic E-state index is 0.392. The largest absolute Gasteiger partial charge is 0.468 e. The first-order valence-corrected chi connectivity index (χ1v) is 9.18. The number of esters is 1. The van der Waals surface area contributed by atoms with Crippen LogP contribution in [0.15, 0.2) is 30.3 Å². The van der Waals surface area contributed by atoms with E-state index in [4.69, 9.17) is 11.2 Å². The fraction of sp³-hybridized carbons (Fsp3) is 0.429. The number of nitrogens with zero attached hydrogens (tertiary/aromatic N) is 1. The van der Waals surface area contributed by atoms with Gasteiger partial charge in [0.05, 0.1) is 7.11 Å². The van der Waals surface area contributed by atoms with Crippen LogP contribution in [0.4, 0.5) is 4.79 Å². The number of alkyl carbamates (subject to hydrolysis) is 1. The van der Waals surface area contributed by atoms with Gasteiger partial charge in [0.1, 0.15) is 24.2 Å². The summed E-state index contributed by atoms with van der Waals surface area (Å²) in [7, 11) is 1.18. The number of methoxy groups -OCH3 is 1. The summed E-state index contributed by atoms with van der Waals surface area (Å²) in [6.45, 7) is 6.08. The summed E-state index contributed by atoms with van der Waals surface area (Å²) >= 11 is 0. The molecule has 0 fully saturated rings. The molecular formula is C21H27N3O6. The van der Waals surface area contributed by atoms with Gasteiger partial charge in [0.25, 0.3) is 5.91 Å². The summed E-state index contributed by atoms with van der Waals surface area (Å²) in [5, 5.41) is 4.80. The van der Waals surface area contributed by atoms with Crippen LogP contribution < -0.4 is 10.6 Å². The number of nitrogens with one attached hydrogen (secondary N) is 2. The molecule has 0 spiro atoms. The molecule has 2 unspecified atom stereocenters. The highest BCUT2D eigenvalue weighted by Gasteiger charge is 2.34. The summed E-state index contributed by atoms with van der Waals surface area (Å²) in [5.74, 6) is -2.04. The zero-order valence-electron chi connectivity index (χ0n) is 17.7. The average molecular weight is 417 g/mol. The maximum Gasteiger partial charge on any atom is 0.408 e. The molecule has 1 aromatic carbocycles. The molecule has 162 valence electrons. The van der Waals surface area contributed by atoms with Gasteiger partial charge in [0.15, 0.2) is 0 Å². The van der Waals surface area contributed by atoms with Crippen LogP contribution >= 0.6 is 0 Å². The van der Waals surface area contributed by atoms with Crippen LogP contribution in [-0.4, -0.2) is 54.1 Å². The Kier molecular flexibility index (Phi) is 8.86. The highest BCUT2D eigenvalue weighted by Crippen LogP contribution is 2.21. The Bertz CT molecular complexity index is 810. The molecule has 1 aromatic rings. The van der Waals surface area contributed by atoms with Crippen LogP contribution in [0.1, 0.15) is 39.3 Å². The third-order valence-corrected chi connectivity index (χ3v) is 3.74. The van der Waals surface area contributed by atoms with E-state index in [-0.39, 0.29) is 0 Å². The zero-order valence-corrected chi connectivity index (χ0v) is 17.7. The van der Waals surface area contributed by atoms with Gasteiger partial charge in [-0.1, -0.05) is 36.8 Å². The molecule has 0 aliphatic carbocycles. The first-order chi connectivity index (χ1) is 14.0. The van der Waals surface area contributed by atoms with Crippen molar-refractivity contribution in [3.8, 4) is 12.5 Å². The van der Waals surface area contributed by atoms with Crippen molar-refractivity contribution in [1.29, 1.82) is 0 Å². The van der Waals surface area contributed by atoms with Gasteiger partial charge >= 0.3 is 12.1 Å². The number of ether oxygens (including phenoxy) is 2. The molecule has 3 amide bonds. The van der Waals surface area contributed by atoms with Gasteiger partial charge in [-0.25, -0.2) is 4.79 Å². The van der Waals surface area contributed by atoms with Gasteiger partial charge in [-0.15, -0.1) is 0 Å². The maximum atomic E-state index is 12.9. The van der Waals surface area contributed by atoms with Crippen LogP contribution in [0.25, 0.3) is 0 Å². The van der Waals surface area contributed by atoms with Gasteiger partial charge in [0.2, 0.25) is 5.91 Å². The normalized spacial score (nSPS) is 12.5. The van der Waals surface area contributed by atoms with Gasteiger partial charge in [-0.05, 0) is 33.3 Å². The lowest BCUT2D eigenvalue weighted by molar-refractivity contribution is -0.142. The van der Waals surface area contributed by atoms with Crippen molar-refractivity contribution in [2.45, 2.75) is 45.4 Å².